The van der Waals surface area contributed by atoms with Gasteiger partial charge in [-0.1, -0.05) is 71.3 Å². The highest BCUT2D eigenvalue weighted by molar-refractivity contribution is 7.09. The molecule has 0 saturated carbocycles. The van der Waals surface area contributed by atoms with Gasteiger partial charge in [-0.3, -0.25) is 0 Å². The summed E-state index contributed by atoms with van der Waals surface area (Å²) in [5.74, 6) is 0.917. The van der Waals surface area contributed by atoms with Gasteiger partial charge in [0, 0.05) is 4.88 Å². The van der Waals surface area contributed by atoms with E-state index in [9.17, 15) is 0 Å². The molecule has 0 aliphatic carbocycles. The van der Waals surface area contributed by atoms with Crippen LogP contribution in [0, 0.1) is 5.92 Å². The van der Waals surface area contributed by atoms with E-state index in [4.69, 9.17) is 0 Å². The van der Waals surface area contributed by atoms with Gasteiger partial charge in [0.15, 0.2) is 0 Å². The number of hydrogen-bond donors (Lipinski definition) is 0. The molecular formula is C16H28S. The third kappa shape index (κ3) is 6.88. The molecule has 1 heterocycles. The Morgan fingerprint density at radius 1 is 1.06 bits per heavy atom. The number of unbranched alkanes of at least 4 members (excludes halogenated alkanes) is 5. The van der Waals surface area contributed by atoms with Crippen LogP contribution in [0.5, 0.6) is 0 Å². The van der Waals surface area contributed by atoms with E-state index in [0.717, 1.165) is 5.92 Å². The second-order valence-corrected chi connectivity index (χ2v) is 6.15. The molecule has 0 bridgehead atoms. The molecule has 0 radical (unpaired) electrons. The van der Waals surface area contributed by atoms with E-state index in [0.29, 0.717) is 0 Å². The van der Waals surface area contributed by atoms with Gasteiger partial charge < -0.3 is 0 Å². The lowest BCUT2D eigenvalue weighted by Gasteiger charge is -2.13. The van der Waals surface area contributed by atoms with E-state index in [-0.39, 0.29) is 0 Å². The predicted molar refractivity (Wildman–Crippen MR) is 79.8 cm³/mol. The van der Waals surface area contributed by atoms with Crippen molar-refractivity contribution in [2.24, 2.45) is 5.92 Å². The van der Waals surface area contributed by atoms with E-state index in [1.807, 2.05) is 11.3 Å². The van der Waals surface area contributed by atoms with Crippen molar-refractivity contribution in [3.63, 3.8) is 0 Å². The topological polar surface area (TPSA) is 0 Å². The fourth-order valence-corrected chi connectivity index (χ4v) is 3.20. The Morgan fingerprint density at radius 2 is 1.82 bits per heavy atom. The van der Waals surface area contributed by atoms with Crippen LogP contribution in [0.15, 0.2) is 17.5 Å². The maximum Gasteiger partial charge on any atom is 0.00479 e. The first-order chi connectivity index (χ1) is 8.36. The molecule has 1 aromatic rings. The van der Waals surface area contributed by atoms with Gasteiger partial charge >= 0.3 is 0 Å². The zero-order chi connectivity index (χ0) is 12.3. The zero-order valence-corrected chi connectivity index (χ0v) is 12.4. The van der Waals surface area contributed by atoms with Crippen molar-refractivity contribution in [2.45, 2.75) is 71.6 Å². The van der Waals surface area contributed by atoms with Gasteiger partial charge in [-0.05, 0) is 23.8 Å². The molecule has 1 rings (SSSR count). The minimum absolute atomic E-state index is 0.917. The van der Waals surface area contributed by atoms with Crippen LogP contribution in [0.3, 0.4) is 0 Å². The lowest BCUT2D eigenvalue weighted by Crippen LogP contribution is -2.02. The highest BCUT2D eigenvalue weighted by atomic mass is 32.1. The minimum Gasteiger partial charge on any atom is -0.149 e. The van der Waals surface area contributed by atoms with Gasteiger partial charge in [0.1, 0.15) is 0 Å². The first kappa shape index (κ1) is 14.8. The third-order valence-electron chi connectivity index (χ3n) is 3.61. The van der Waals surface area contributed by atoms with Crippen LogP contribution in [0.4, 0.5) is 0 Å². The van der Waals surface area contributed by atoms with Crippen molar-refractivity contribution in [1.29, 1.82) is 0 Å². The number of thiophene rings is 1. The first-order valence-electron chi connectivity index (χ1n) is 7.39. The molecule has 0 amide bonds. The van der Waals surface area contributed by atoms with Crippen molar-refractivity contribution >= 4 is 11.3 Å². The summed E-state index contributed by atoms with van der Waals surface area (Å²) < 4.78 is 0. The summed E-state index contributed by atoms with van der Waals surface area (Å²) >= 11 is 1.92. The van der Waals surface area contributed by atoms with Crippen LogP contribution in [0.2, 0.25) is 0 Å². The largest absolute Gasteiger partial charge is 0.149 e. The Kier molecular flexibility index (Phi) is 8.42. The minimum atomic E-state index is 0.917. The van der Waals surface area contributed by atoms with E-state index in [2.05, 4.69) is 31.4 Å². The van der Waals surface area contributed by atoms with Gasteiger partial charge in [0.05, 0.1) is 0 Å². The zero-order valence-electron chi connectivity index (χ0n) is 11.6. The van der Waals surface area contributed by atoms with Gasteiger partial charge in [0.25, 0.3) is 0 Å². The molecular weight excluding hydrogens is 224 g/mol. The van der Waals surface area contributed by atoms with E-state index in [1.165, 1.54) is 57.8 Å². The standard InChI is InChI=1S/C16H28S/c1-3-5-6-7-8-9-11-15(4-2)14-16-12-10-13-17-16/h10,12-13,15H,3-9,11,14H2,1-2H3. The van der Waals surface area contributed by atoms with E-state index in [1.54, 1.807) is 4.88 Å². The van der Waals surface area contributed by atoms with Crippen molar-refractivity contribution in [1.82, 2.24) is 0 Å². The Morgan fingerprint density at radius 3 is 2.47 bits per heavy atom. The molecule has 0 fully saturated rings. The van der Waals surface area contributed by atoms with Crippen LogP contribution in [0.1, 0.15) is 70.1 Å². The SMILES string of the molecule is CCCCCCCCC(CC)Cc1cccs1. The Bertz CT molecular complexity index is 250. The summed E-state index contributed by atoms with van der Waals surface area (Å²) in [6.07, 6.45) is 12.6. The summed E-state index contributed by atoms with van der Waals surface area (Å²) in [6.45, 7) is 4.63. The molecule has 0 spiro atoms. The van der Waals surface area contributed by atoms with Crippen molar-refractivity contribution < 1.29 is 0 Å². The average Bonchev–Trinajstić information content (AvgIpc) is 2.85. The molecule has 0 saturated heterocycles. The molecule has 17 heavy (non-hydrogen) atoms. The molecule has 0 aliphatic heterocycles. The predicted octanol–water partition coefficient (Wildman–Crippen LogP) is 6.07. The highest BCUT2D eigenvalue weighted by Crippen LogP contribution is 2.22. The van der Waals surface area contributed by atoms with Crippen molar-refractivity contribution in [3.05, 3.63) is 22.4 Å². The lowest BCUT2D eigenvalue weighted by molar-refractivity contribution is 0.438. The molecule has 1 aromatic heterocycles. The molecule has 0 aliphatic rings. The Labute approximate surface area is 111 Å². The van der Waals surface area contributed by atoms with Crippen LogP contribution >= 0.6 is 11.3 Å². The maximum atomic E-state index is 2.34. The molecule has 0 aromatic carbocycles. The van der Waals surface area contributed by atoms with Gasteiger partial charge in [-0.2, -0.15) is 0 Å². The quantitative estimate of drug-likeness (QED) is 0.443. The van der Waals surface area contributed by atoms with E-state index < -0.39 is 0 Å². The molecule has 1 atom stereocenters. The number of hydrogen-bond acceptors (Lipinski definition) is 1. The highest BCUT2D eigenvalue weighted by Gasteiger charge is 2.07. The fourth-order valence-electron chi connectivity index (χ4n) is 2.38. The third-order valence-corrected chi connectivity index (χ3v) is 4.51. The van der Waals surface area contributed by atoms with Crippen molar-refractivity contribution in [2.75, 3.05) is 0 Å². The maximum absolute atomic E-state index is 2.34. The summed E-state index contributed by atoms with van der Waals surface area (Å²) in [5, 5.41) is 2.20. The Hall–Kier alpha value is -0.300. The van der Waals surface area contributed by atoms with Gasteiger partial charge in [-0.15, -0.1) is 11.3 Å². The summed E-state index contributed by atoms with van der Waals surface area (Å²) in [7, 11) is 0. The first-order valence-corrected chi connectivity index (χ1v) is 8.27. The van der Waals surface area contributed by atoms with E-state index >= 15 is 0 Å². The lowest BCUT2D eigenvalue weighted by atomic mass is 9.94. The second-order valence-electron chi connectivity index (χ2n) is 5.11. The molecule has 0 N–H and O–H groups in total. The average molecular weight is 252 g/mol. The second kappa shape index (κ2) is 9.70. The Balaban J connectivity index is 2.06. The van der Waals surface area contributed by atoms with Crippen LogP contribution in [0.25, 0.3) is 0 Å². The molecule has 98 valence electrons. The summed E-state index contributed by atoms with van der Waals surface area (Å²) in [6, 6.07) is 4.46. The molecule has 1 unspecified atom stereocenters. The molecule has 1 heteroatoms. The number of rotatable bonds is 10. The smallest absolute Gasteiger partial charge is 0.00479 e. The summed E-state index contributed by atoms with van der Waals surface area (Å²) in [5.41, 5.74) is 0. The van der Waals surface area contributed by atoms with Crippen LogP contribution < -0.4 is 0 Å². The van der Waals surface area contributed by atoms with Gasteiger partial charge in [0.2, 0.25) is 0 Å². The normalized spacial score (nSPS) is 12.8. The van der Waals surface area contributed by atoms with Crippen LogP contribution in [-0.2, 0) is 6.42 Å². The molecule has 0 nitrogen and oxygen atoms in total. The van der Waals surface area contributed by atoms with Gasteiger partial charge in [-0.25, -0.2) is 0 Å². The monoisotopic (exact) mass is 252 g/mol. The summed E-state index contributed by atoms with van der Waals surface area (Å²) in [4.78, 5) is 1.57. The van der Waals surface area contributed by atoms with Crippen LogP contribution in [-0.4, -0.2) is 0 Å². The van der Waals surface area contributed by atoms with Crippen molar-refractivity contribution in [3.8, 4) is 0 Å². The fraction of sp³-hybridized carbons (Fsp3) is 0.750.